The molecule has 3 rings (SSSR count). The molecule has 3 N–H and O–H groups in total. The minimum atomic E-state index is -4.56. The minimum absolute atomic E-state index is 0.0958. The summed E-state index contributed by atoms with van der Waals surface area (Å²) in [6.07, 6.45) is -4.56. The van der Waals surface area contributed by atoms with Gasteiger partial charge in [0.05, 0.1) is 5.69 Å². The van der Waals surface area contributed by atoms with Crippen LogP contribution in [0, 0.1) is 17.4 Å². The van der Waals surface area contributed by atoms with Crippen LogP contribution >= 0.6 is 33.9 Å². The molecule has 0 saturated carbocycles. The molecule has 26 heavy (non-hydrogen) atoms. The van der Waals surface area contributed by atoms with Gasteiger partial charge in [-0.2, -0.15) is 13.2 Å². The zero-order valence-electron chi connectivity index (χ0n) is 13.7. The second kappa shape index (κ2) is 6.69. The molecule has 0 saturated heterocycles. The number of fused-ring (bicyclic) bond motifs is 1. The highest BCUT2D eigenvalue weighted by Crippen LogP contribution is 2.38. The van der Waals surface area contributed by atoms with Gasteiger partial charge >= 0.3 is 6.18 Å². The first-order valence-corrected chi connectivity index (χ1v) is 9.31. The van der Waals surface area contributed by atoms with Crippen LogP contribution in [0.25, 0.3) is 10.2 Å². The number of carbonyl (C=O) groups excluding carboxylic acids is 1. The van der Waals surface area contributed by atoms with Gasteiger partial charge in [0.1, 0.15) is 15.4 Å². The average molecular weight is 491 g/mol. The van der Waals surface area contributed by atoms with Gasteiger partial charge in [-0.1, -0.05) is 6.07 Å². The molecular weight excluding hydrogens is 478 g/mol. The number of aryl methyl sites for hydroxylation is 2. The van der Waals surface area contributed by atoms with Crippen LogP contribution in [0.15, 0.2) is 24.3 Å². The van der Waals surface area contributed by atoms with Crippen molar-refractivity contribution in [2.75, 3.05) is 11.1 Å². The van der Waals surface area contributed by atoms with Crippen molar-refractivity contribution in [1.82, 2.24) is 4.98 Å². The molecule has 0 bridgehead atoms. The normalized spacial score (nSPS) is 11.8. The molecule has 0 radical (unpaired) electrons. The number of thiophene rings is 1. The largest absolute Gasteiger partial charge is 0.433 e. The third-order valence-electron chi connectivity index (χ3n) is 3.82. The summed E-state index contributed by atoms with van der Waals surface area (Å²) in [5.41, 5.74) is 7.17. The van der Waals surface area contributed by atoms with Crippen molar-refractivity contribution in [1.29, 1.82) is 0 Å². The predicted molar refractivity (Wildman–Crippen MR) is 106 cm³/mol. The number of nitrogens with two attached hydrogens (primary N) is 1. The fraction of sp³-hybridized carbons (Fsp3) is 0.176. The summed E-state index contributed by atoms with van der Waals surface area (Å²) < 4.78 is 39.8. The van der Waals surface area contributed by atoms with Crippen LogP contribution in [-0.4, -0.2) is 10.9 Å². The lowest BCUT2D eigenvalue weighted by Crippen LogP contribution is -2.12. The van der Waals surface area contributed by atoms with Gasteiger partial charge < -0.3 is 11.1 Å². The first kappa shape index (κ1) is 18.9. The van der Waals surface area contributed by atoms with Crippen LogP contribution in [0.5, 0.6) is 0 Å². The number of hydrogen-bond acceptors (Lipinski definition) is 4. The number of nitrogen functional groups attached to an aromatic ring is 1. The number of pyridine rings is 1. The van der Waals surface area contributed by atoms with Crippen molar-refractivity contribution in [3.05, 3.63) is 49.5 Å². The molecule has 2 aromatic heterocycles. The van der Waals surface area contributed by atoms with E-state index in [1.54, 1.807) is 6.07 Å². The van der Waals surface area contributed by atoms with Gasteiger partial charge in [-0.15, -0.1) is 11.3 Å². The number of amides is 1. The average Bonchev–Trinajstić information content (AvgIpc) is 2.87. The number of alkyl halides is 3. The molecule has 1 aromatic carbocycles. The zero-order chi connectivity index (χ0) is 19.2. The smallest absolute Gasteiger partial charge is 0.397 e. The van der Waals surface area contributed by atoms with Crippen molar-refractivity contribution in [3.63, 3.8) is 0 Å². The minimum Gasteiger partial charge on any atom is -0.397 e. The lowest BCUT2D eigenvalue weighted by atomic mass is 10.1. The molecule has 0 atom stereocenters. The number of nitrogens with zero attached hydrogens (tertiary/aromatic N) is 1. The molecule has 0 aliphatic carbocycles. The maximum Gasteiger partial charge on any atom is 0.433 e. The van der Waals surface area contributed by atoms with E-state index < -0.39 is 17.8 Å². The molecule has 4 nitrogen and oxygen atoms in total. The van der Waals surface area contributed by atoms with E-state index in [1.807, 2.05) is 19.1 Å². The lowest BCUT2D eigenvalue weighted by Gasteiger charge is -2.07. The standard InChI is InChI=1S/C17H13F3IN3OS/c1-7-3-4-9(6-10(7)21)23-15(25)14-13(22)12-8(2)5-11(17(18,19)20)24-16(12)26-14/h3-6H,22H2,1-2H3,(H,23,25). The van der Waals surface area contributed by atoms with Crippen LogP contribution < -0.4 is 11.1 Å². The second-order valence-electron chi connectivity index (χ2n) is 5.77. The molecular formula is C17H13F3IN3OS. The Labute approximate surface area is 164 Å². The van der Waals surface area contributed by atoms with Crippen molar-refractivity contribution in [2.24, 2.45) is 0 Å². The monoisotopic (exact) mass is 491 g/mol. The van der Waals surface area contributed by atoms with Gasteiger partial charge in [0, 0.05) is 14.6 Å². The van der Waals surface area contributed by atoms with Gasteiger partial charge in [-0.05, 0) is 65.8 Å². The van der Waals surface area contributed by atoms with Gasteiger partial charge in [0.25, 0.3) is 5.91 Å². The number of nitrogens with one attached hydrogen (secondary N) is 1. The molecule has 3 aromatic rings. The predicted octanol–water partition coefficient (Wildman–Crippen LogP) is 5.37. The van der Waals surface area contributed by atoms with E-state index in [2.05, 4.69) is 32.9 Å². The Kier molecular flexibility index (Phi) is 4.86. The third-order valence-corrected chi connectivity index (χ3v) is 6.08. The maximum atomic E-state index is 13.0. The van der Waals surface area contributed by atoms with E-state index >= 15 is 0 Å². The SMILES string of the molecule is Cc1ccc(NC(=O)c2sc3nc(C(F)(F)F)cc(C)c3c2N)cc1I. The fourth-order valence-electron chi connectivity index (χ4n) is 2.48. The molecule has 136 valence electrons. The summed E-state index contributed by atoms with van der Waals surface area (Å²) in [7, 11) is 0. The summed E-state index contributed by atoms with van der Waals surface area (Å²) in [5.74, 6) is -0.474. The fourth-order valence-corrected chi connectivity index (χ4v) is 4.06. The van der Waals surface area contributed by atoms with Crippen LogP contribution in [0.1, 0.15) is 26.5 Å². The number of aromatic nitrogens is 1. The van der Waals surface area contributed by atoms with Crippen molar-refractivity contribution in [3.8, 4) is 0 Å². The second-order valence-corrected chi connectivity index (χ2v) is 7.93. The number of rotatable bonds is 2. The molecule has 0 fully saturated rings. The molecule has 0 unspecified atom stereocenters. The topological polar surface area (TPSA) is 68.0 Å². The summed E-state index contributed by atoms with van der Waals surface area (Å²) >= 11 is 3.01. The van der Waals surface area contributed by atoms with E-state index in [-0.39, 0.29) is 15.4 Å². The first-order valence-electron chi connectivity index (χ1n) is 7.42. The molecule has 1 amide bonds. The van der Waals surface area contributed by atoms with E-state index in [0.717, 1.165) is 26.5 Å². The quantitative estimate of drug-likeness (QED) is 0.474. The zero-order valence-corrected chi connectivity index (χ0v) is 16.6. The molecule has 0 aliphatic rings. The lowest BCUT2D eigenvalue weighted by molar-refractivity contribution is -0.141. The Morgan fingerprint density at radius 1 is 1.23 bits per heavy atom. The maximum absolute atomic E-state index is 13.0. The first-order chi connectivity index (χ1) is 12.1. The number of hydrogen-bond donors (Lipinski definition) is 2. The van der Waals surface area contributed by atoms with Crippen molar-refractivity contribution in [2.45, 2.75) is 20.0 Å². The van der Waals surface area contributed by atoms with Crippen LogP contribution in [0.2, 0.25) is 0 Å². The van der Waals surface area contributed by atoms with E-state index in [0.29, 0.717) is 16.6 Å². The highest BCUT2D eigenvalue weighted by Gasteiger charge is 2.34. The van der Waals surface area contributed by atoms with E-state index in [4.69, 9.17) is 5.73 Å². The van der Waals surface area contributed by atoms with Crippen LogP contribution in [0.3, 0.4) is 0 Å². The molecule has 2 heterocycles. The number of halogens is 4. The number of benzene rings is 1. The van der Waals surface area contributed by atoms with E-state index in [1.165, 1.54) is 6.92 Å². The molecule has 9 heteroatoms. The Hall–Kier alpha value is -1.88. The number of carbonyl (C=O) groups is 1. The molecule has 0 aliphatic heterocycles. The van der Waals surface area contributed by atoms with Crippen LogP contribution in [0.4, 0.5) is 24.5 Å². The molecule has 0 spiro atoms. The van der Waals surface area contributed by atoms with Gasteiger partial charge in [0.15, 0.2) is 0 Å². The highest BCUT2D eigenvalue weighted by molar-refractivity contribution is 14.1. The summed E-state index contributed by atoms with van der Waals surface area (Å²) in [6.45, 7) is 3.47. The Bertz CT molecular complexity index is 1030. The van der Waals surface area contributed by atoms with Crippen LogP contribution in [-0.2, 0) is 6.18 Å². The summed E-state index contributed by atoms with van der Waals surface area (Å²) in [6, 6.07) is 6.37. The van der Waals surface area contributed by atoms with Crippen molar-refractivity contribution >= 4 is 61.4 Å². The van der Waals surface area contributed by atoms with Gasteiger partial charge in [0.2, 0.25) is 0 Å². The summed E-state index contributed by atoms with van der Waals surface area (Å²) in [5, 5.41) is 3.11. The summed E-state index contributed by atoms with van der Waals surface area (Å²) in [4.78, 5) is 16.4. The Morgan fingerprint density at radius 2 is 1.92 bits per heavy atom. The number of anilines is 2. The highest BCUT2D eigenvalue weighted by atomic mass is 127. The van der Waals surface area contributed by atoms with Gasteiger partial charge in [-0.3, -0.25) is 4.79 Å². The van der Waals surface area contributed by atoms with E-state index in [9.17, 15) is 18.0 Å². The van der Waals surface area contributed by atoms with Crippen molar-refractivity contribution < 1.29 is 18.0 Å². The Morgan fingerprint density at radius 3 is 2.54 bits per heavy atom. The Balaban J connectivity index is 2.02. The third kappa shape index (κ3) is 3.50. The van der Waals surface area contributed by atoms with Gasteiger partial charge in [-0.25, -0.2) is 4.98 Å².